The average molecular weight is 613 g/mol. The summed E-state index contributed by atoms with van der Waals surface area (Å²) >= 11 is 7.07. The lowest BCUT2D eigenvalue weighted by atomic mass is 10.2. The molecule has 0 saturated heterocycles. The maximum absolute atomic E-state index is 13.3. The monoisotopic (exact) mass is 611 g/mol. The number of benzene rings is 3. The Balaban J connectivity index is 1.69. The summed E-state index contributed by atoms with van der Waals surface area (Å²) in [5.74, 6) is 1.86. The second-order valence-electron chi connectivity index (χ2n) is 8.19. The lowest BCUT2D eigenvalue weighted by Crippen LogP contribution is -2.22. The second kappa shape index (κ2) is 12.3. The number of nitrogens with zero attached hydrogens (tertiary/aromatic N) is 3. The number of rotatable bonds is 10. The first-order valence-electron chi connectivity index (χ1n) is 11.9. The summed E-state index contributed by atoms with van der Waals surface area (Å²) in [6.07, 6.45) is 4.22. The van der Waals surface area contributed by atoms with Crippen molar-refractivity contribution in [1.82, 2.24) is 9.66 Å². The first-order chi connectivity index (χ1) is 17.5. The molecular formula is C28H27Br2N3O3. The molecule has 36 heavy (non-hydrogen) atoms. The molecule has 0 aliphatic rings. The van der Waals surface area contributed by atoms with Crippen molar-refractivity contribution in [2.45, 2.75) is 39.7 Å². The third kappa shape index (κ3) is 6.23. The number of aryl methyl sites for hydroxylation is 1. The molecule has 0 radical (unpaired) electrons. The highest BCUT2D eigenvalue weighted by molar-refractivity contribution is 9.10. The minimum absolute atomic E-state index is 0.199. The van der Waals surface area contributed by atoms with E-state index in [4.69, 9.17) is 14.5 Å². The van der Waals surface area contributed by atoms with Crippen LogP contribution in [0.4, 0.5) is 0 Å². The van der Waals surface area contributed by atoms with Gasteiger partial charge in [-0.1, -0.05) is 59.6 Å². The lowest BCUT2D eigenvalue weighted by Gasteiger charge is -2.15. The van der Waals surface area contributed by atoms with Crippen LogP contribution in [0, 0.1) is 0 Å². The minimum Gasteiger partial charge on any atom is -0.490 e. The van der Waals surface area contributed by atoms with Crippen LogP contribution in [0.15, 0.2) is 79.5 Å². The van der Waals surface area contributed by atoms with E-state index in [9.17, 15) is 4.79 Å². The molecule has 0 atom stereocenters. The summed E-state index contributed by atoms with van der Waals surface area (Å²) in [6, 6.07) is 19.2. The Morgan fingerprint density at radius 2 is 1.83 bits per heavy atom. The molecule has 0 amide bonds. The fourth-order valence-electron chi connectivity index (χ4n) is 3.73. The van der Waals surface area contributed by atoms with Crippen molar-refractivity contribution in [2.75, 3.05) is 6.61 Å². The lowest BCUT2D eigenvalue weighted by molar-refractivity contribution is 0.267. The highest BCUT2D eigenvalue weighted by Crippen LogP contribution is 2.37. The molecule has 8 heteroatoms. The molecule has 0 fully saturated rings. The largest absolute Gasteiger partial charge is 0.490 e. The van der Waals surface area contributed by atoms with Gasteiger partial charge in [-0.05, 0) is 70.7 Å². The predicted molar refractivity (Wildman–Crippen MR) is 151 cm³/mol. The van der Waals surface area contributed by atoms with Gasteiger partial charge in [-0.15, -0.1) is 0 Å². The number of hydrogen-bond acceptors (Lipinski definition) is 5. The molecule has 6 nitrogen and oxygen atoms in total. The van der Waals surface area contributed by atoms with Gasteiger partial charge in [0.15, 0.2) is 11.5 Å². The van der Waals surface area contributed by atoms with E-state index in [-0.39, 0.29) is 5.56 Å². The number of halogens is 2. The number of ether oxygens (including phenoxy) is 2. The Morgan fingerprint density at radius 1 is 1.03 bits per heavy atom. The zero-order chi connectivity index (χ0) is 25.5. The van der Waals surface area contributed by atoms with E-state index < -0.39 is 0 Å². The summed E-state index contributed by atoms with van der Waals surface area (Å²) in [6.45, 7) is 4.94. The Bertz CT molecular complexity index is 1440. The van der Waals surface area contributed by atoms with Crippen LogP contribution in [0.25, 0.3) is 10.9 Å². The topological polar surface area (TPSA) is 65.7 Å². The van der Waals surface area contributed by atoms with Gasteiger partial charge < -0.3 is 9.47 Å². The van der Waals surface area contributed by atoms with Gasteiger partial charge in [0.2, 0.25) is 0 Å². The number of aromatic nitrogens is 2. The van der Waals surface area contributed by atoms with E-state index in [0.717, 1.165) is 32.9 Å². The minimum atomic E-state index is -0.199. The third-order valence-electron chi connectivity index (χ3n) is 5.51. The first-order valence-corrected chi connectivity index (χ1v) is 13.5. The van der Waals surface area contributed by atoms with E-state index in [1.54, 1.807) is 12.3 Å². The Hall–Kier alpha value is -2.97. The summed E-state index contributed by atoms with van der Waals surface area (Å²) in [5.41, 5.74) is 2.30. The molecule has 3 aromatic carbocycles. The van der Waals surface area contributed by atoms with Crippen LogP contribution in [0.1, 0.15) is 43.6 Å². The standard InChI is InChI=1S/C28H27Br2N3O3/c1-3-5-11-26-32-24-13-12-21(29)16-22(24)28(34)33(26)31-17-20-14-23(30)27(25(15-20)35-4-2)36-18-19-9-7-6-8-10-19/h6-10,12-17H,3-5,11,18H2,1-2H3. The fourth-order valence-corrected chi connectivity index (χ4v) is 4.67. The molecule has 186 valence electrons. The van der Waals surface area contributed by atoms with Crippen molar-refractivity contribution in [3.05, 3.63) is 96.9 Å². The van der Waals surface area contributed by atoms with Crippen LogP contribution < -0.4 is 15.0 Å². The number of unbranched alkanes of at least 4 members (excludes halogenated alkanes) is 1. The highest BCUT2D eigenvalue weighted by atomic mass is 79.9. The van der Waals surface area contributed by atoms with E-state index >= 15 is 0 Å². The summed E-state index contributed by atoms with van der Waals surface area (Å²) in [4.78, 5) is 18.1. The van der Waals surface area contributed by atoms with Crippen molar-refractivity contribution >= 4 is 49.0 Å². The van der Waals surface area contributed by atoms with E-state index in [1.807, 2.05) is 61.5 Å². The highest BCUT2D eigenvalue weighted by Gasteiger charge is 2.14. The van der Waals surface area contributed by atoms with Crippen molar-refractivity contribution < 1.29 is 9.47 Å². The van der Waals surface area contributed by atoms with E-state index in [2.05, 4.69) is 43.9 Å². The molecule has 1 aromatic heterocycles. The number of hydrogen-bond donors (Lipinski definition) is 0. The van der Waals surface area contributed by atoms with Crippen molar-refractivity contribution in [3.8, 4) is 11.5 Å². The molecule has 0 N–H and O–H groups in total. The molecule has 1 heterocycles. The van der Waals surface area contributed by atoms with Crippen LogP contribution in [0.2, 0.25) is 0 Å². The molecule has 0 aliphatic heterocycles. The van der Waals surface area contributed by atoms with Crippen LogP contribution in [-0.4, -0.2) is 22.5 Å². The SMILES string of the molecule is CCCCc1nc2ccc(Br)cc2c(=O)n1N=Cc1cc(Br)c(OCc2ccccc2)c(OCC)c1. The molecule has 0 saturated carbocycles. The second-order valence-corrected chi connectivity index (χ2v) is 9.96. The van der Waals surface area contributed by atoms with Gasteiger partial charge in [-0.2, -0.15) is 9.78 Å². The Kier molecular flexibility index (Phi) is 8.93. The first kappa shape index (κ1) is 26.1. The summed E-state index contributed by atoms with van der Waals surface area (Å²) in [5, 5.41) is 5.07. The van der Waals surface area contributed by atoms with Crippen molar-refractivity contribution in [1.29, 1.82) is 0 Å². The van der Waals surface area contributed by atoms with Crippen LogP contribution in [0.3, 0.4) is 0 Å². The van der Waals surface area contributed by atoms with Crippen LogP contribution in [-0.2, 0) is 13.0 Å². The molecule has 4 rings (SSSR count). The average Bonchev–Trinajstić information content (AvgIpc) is 2.87. The summed E-state index contributed by atoms with van der Waals surface area (Å²) < 4.78 is 14.9. The van der Waals surface area contributed by atoms with Gasteiger partial charge in [0.25, 0.3) is 5.56 Å². The zero-order valence-corrected chi connectivity index (χ0v) is 23.4. The number of fused-ring (bicyclic) bond motifs is 1. The smallest absolute Gasteiger partial charge is 0.282 e. The maximum Gasteiger partial charge on any atom is 0.282 e. The van der Waals surface area contributed by atoms with Crippen molar-refractivity contribution in [3.63, 3.8) is 0 Å². The van der Waals surface area contributed by atoms with Gasteiger partial charge in [-0.3, -0.25) is 4.79 Å². The van der Waals surface area contributed by atoms with Gasteiger partial charge >= 0.3 is 0 Å². The quantitative estimate of drug-likeness (QED) is 0.179. The zero-order valence-electron chi connectivity index (χ0n) is 20.2. The van der Waals surface area contributed by atoms with Gasteiger partial charge in [-0.25, -0.2) is 4.98 Å². The van der Waals surface area contributed by atoms with Gasteiger partial charge in [0.1, 0.15) is 12.4 Å². The normalized spacial score (nSPS) is 11.3. The maximum atomic E-state index is 13.3. The molecule has 0 bridgehead atoms. The molecule has 0 aliphatic carbocycles. The third-order valence-corrected chi connectivity index (χ3v) is 6.59. The Labute approximate surface area is 227 Å². The van der Waals surface area contributed by atoms with Gasteiger partial charge in [0.05, 0.1) is 28.2 Å². The molecule has 0 unspecified atom stereocenters. The Morgan fingerprint density at radius 3 is 2.58 bits per heavy atom. The summed E-state index contributed by atoms with van der Waals surface area (Å²) in [7, 11) is 0. The van der Waals surface area contributed by atoms with Crippen LogP contribution in [0.5, 0.6) is 11.5 Å². The molecule has 0 spiro atoms. The van der Waals surface area contributed by atoms with E-state index in [1.165, 1.54) is 4.68 Å². The predicted octanol–water partition coefficient (Wildman–Crippen LogP) is 7.12. The fraction of sp³-hybridized carbons (Fsp3) is 0.250. The van der Waals surface area contributed by atoms with E-state index in [0.29, 0.717) is 47.9 Å². The molecular weight excluding hydrogens is 586 g/mol. The van der Waals surface area contributed by atoms with Gasteiger partial charge in [0, 0.05) is 10.9 Å². The molecule has 4 aromatic rings. The van der Waals surface area contributed by atoms with Crippen molar-refractivity contribution in [2.24, 2.45) is 5.10 Å². The van der Waals surface area contributed by atoms with Crippen LogP contribution >= 0.6 is 31.9 Å².